The number of halogens is 2. The van der Waals surface area contributed by atoms with Crippen molar-refractivity contribution in [2.24, 2.45) is 4.99 Å². The van der Waals surface area contributed by atoms with Crippen LogP contribution in [0, 0.1) is 5.82 Å². The van der Waals surface area contributed by atoms with Gasteiger partial charge in [-0.1, -0.05) is 11.8 Å². The molecule has 7 heteroatoms. The maximum absolute atomic E-state index is 13.1. The molecule has 1 aromatic carbocycles. The maximum atomic E-state index is 13.1. The van der Waals surface area contributed by atoms with Gasteiger partial charge in [0.05, 0.1) is 9.38 Å². The minimum Gasteiger partial charge on any atom is -0.507 e. The van der Waals surface area contributed by atoms with Crippen molar-refractivity contribution in [1.29, 1.82) is 0 Å². The number of amides is 1. The lowest BCUT2D eigenvalue weighted by molar-refractivity contribution is -0.113. The Labute approximate surface area is 120 Å². The Balaban J connectivity index is 2.36. The van der Waals surface area contributed by atoms with Crippen LogP contribution in [0.1, 0.15) is 5.56 Å². The Bertz CT molecular complexity index is 587. The second-order valence-electron chi connectivity index (χ2n) is 3.32. The first-order chi connectivity index (χ1) is 8.51. The first-order valence-electron chi connectivity index (χ1n) is 4.76. The van der Waals surface area contributed by atoms with E-state index in [2.05, 4.69) is 20.9 Å². The molecule has 0 bridgehead atoms. The average molecular weight is 348 g/mol. The van der Waals surface area contributed by atoms with Gasteiger partial charge in [-0.05, 0) is 34.3 Å². The molecule has 0 aliphatic carbocycles. The summed E-state index contributed by atoms with van der Waals surface area (Å²) < 4.78 is 14.0. The maximum Gasteiger partial charge on any atom is 0.285 e. The van der Waals surface area contributed by atoms with Crippen LogP contribution in [-0.2, 0) is 4.79 Å². The van der Waals surface area contributed by atoms with Gasteiger partial charge in [0.2, 0.25) is 0 Å². The van der Waals surface area contributed by atoms with Gasteiger partial charge in [-0.3, -0.25) is 4.79 Å². The van der Waals surface area contributed by atoms with E-state index in [0.29, 0.717) is 14.8 Å². The van der Waals surface area contributed by atoms with Crippen molar-refractivity contribution >= 4 is 55.8 Å². The highest BCUT2D eigenvalue weighted by molar-refractivity contribution is 9.10. The molecule has 1 N–H and O–H groups in total. The summed E-state index contributed by atoms with van der Waals surface area (Å²) in [5.74, 6) is -1.11. The summed E-state index contributed by atoms with van der Waals surface area (Å²) in [6.45, 7) is 0. The molecule has 0 saturated heterocycles. The van der Waals surface area contributed by atoms with Gasteiger partial charge in [-0.25, -0.2) is 4.39 Å². The Morgan fingerprint density at radius 2 is 2.28 bits per heavy atom. The fourth-order valence-corrected chi connectivity index (χ4v) is 3.06. The zero-order valence-corrected chi connectivity index (χ0v) is 12.3. The molecule has 1 amide bonds. The van der Waals surface area contributed by atoms with E-state index < -0.39 is 5.82 Å². The minimum atomic E-state index is -0.555. The molecule has 0 aromatic heterocycles. The standard InChI is InChI=1S/C11H7BrFNO2S2/c1-17-11-14-10(16)9(18-11)3-5-2-6(12)7(13)4-8(5)15/h2-4,15H,1H3/b9-3-. The smallest absolute Gasteiger partial charge is 0.285 e. The first kappa shape index (κ1) is 13.6. The van der Waals surface area contributed by atoms with Crippen LogP contribution < -0.4 is 0 Å². The molecule has 0 fully saturated rings. The van der Waals surface area contributed by atoms with Crippen molar-refractivity contribution in [2.45, 2.75) is 0 Å². The number of rotatable bonds is 1. The van der Waals surface area contributed by atoms with Crippen LogP contribution in [0.5, 0.6) is 5.75 Å². The molecule has 0 saturated carbocycles. The van der Waals surface area contributed by atoms with Gasteiger partial charge >= 0.3 is 0 Å². The second kappa shape index (κ2) is 5.46. The van der Waals surface area contributed by atoms with Crippen LogP contribution >= 0.6 is 39.5 Å². The number of hydrogen-bond donors (Lipinski definition) is 1. The van der Waals surface area contributed by atoms with Crippen molar-refractivity contribution in [3.05, 3.63) is 32.9 Å². The van der Waals surface area contributed by atoms with Gasteiger partial charge in [-0.15, -0.1) is 11.8 Å². The molecule has 1 aromatic rings. The summed E-state index contributed by atoms with van der Waals surface area (Å²) in [6.07, 6.45) is 3.33. The van der Waals surface area contributed by atoms with Gasteiger partial charge in [0, 0.05) is 11.6 Å². The molecule has 1 aliphatic heterocycles. The third-order valence-corrected chi connectivity index (χ3v) is 4.71. The molecule has 0 unspecified atom stereocenters. The lowest BCUT2D eigenvalue weighted by atomic mass is 10.2. The number of aromatic hydroxyl groups is 1. The average Bonchev–Trinajstić information content (AvgIpc) is 2.67. The number of thioether (sulfide) groups is 2. The van der Waals surface area contributed by atoms with Crippen LogP contribution in [0.4, 0.5) is 4.39 Å². The van der Waals surface area contributed by atoms with E-state index in [1.54, 1.807) is 0 Å². The Morgan fingerprint density at radius 3 is 2.89 bits per heavy atom. The van der Waals surface area contributed by atoms with Crippen molar-refractivity contribution in [1.82, 2.24) is 0 Å². The second-order valence-corrected chi connectivity index (χ2v) is 6.26. The molecule has 3 nitrogen and oxygen atoms in total. The number of carbonyl (C=O) groups is 1. The molecule has 0 atom stereocenters. The van der Waals surface area contributed by atoms with E-state index in [1.807, 2.05) is 6.26 Å². The predicted molar refractivity (Wildman–Crippen MR) is 77.3 cm³/mol. The summed E-state index contributed by atoms with van der Waals surface area (Å²) in [5, 5.41) is 9.62. The number of aliphatic imine (C=N–C) groups is 1. The largest absolute Gasteiger partial charge is 0.507 e. The molecule has 2 rings (SSSR count). The monoisotopic (exact) mass is 347 g/mol. The number of hydrogen-bond acceptors (Lipinski definition) is 4. The highest BCUT2D eigenvalue weighted by atomic mass is 79.9. The molecule has 0 radical (unpaired) electrons. The van der Waals surface area contributed by atoms with Crippen LogP contribution in [0.25, 0.3) is 6.08 Å². The normalized spacial score (nSPS) is 17.4. The Kier molecular flexibility index (Phi) is 4.14. The topological polar surface area (TPSA) is 49.7 Å². The molecular formula is C11H7BrFNO2S2. The lowest BCUT2D eigenvalue weighted by Gasteiger charge is -2.02. The van der Waals surface area contributed by atoms with Gasteiger partial charge < -0.3 is 5.11 Å². The highest BCUT2D eigenvalue weighted by Crippen LogP contribution is 2.35. The van der Waals surface area contributed by atoms with E-state index in [0.717, 1.165) is 6.07 Å². The minimum absolute atomic E-state index is 0.214. The van der Waals surface area contributed by atoms with Crippen molar-refractivity contribution in [3.8, 4) is 5.75 Å². The van der Waals surface area contributed by atoms with E-state index in [-0.39, 0.29) is 16.1 Å². The van der Waals surface area contributed by atoms with Crippen molar-refractivity contribution in [3.63, 3.8) is 0 Å². The summed E-state index contributed by atoms with van der Waals surface area (Å²) in [5.41, 5.74) is 0.372. The lowest BCUT2D eigenvalue weighted by Crippen LogP contribution is -1.89. The molecular weight excluding hydrogens is 341 g/mol. The summed E-state index contributed by atoms with van der Waals surface area (Å²) in [6, 6.07) is 2.42. The zero-order chi connectivity index (χ0) is 13.3. The Hall–Kier alpha value is -0.790. The highest BCUT2D eigenvalue weighted by Gasteiger charge is 2.21. The number of nitrogens with zero attached hydrogens (tertiary/aromatic N) is 1. The number of phenols is 1. The Morgan fingerprint density at radius 1 is 1.56 bits per heavy atom. The van der Waals surface area contributed by atoms with Crippen LogP contribution in [-0.4, -0.2) is 21.6 Å². The molecule has 1 heterocycles. The third kappa shape index (κ3) is 2.78. The summed E-state index contributed by atoms with van der Waals surface area (Å²) >= 11 is 5.65. The van der Waals surface area contributed by atoms with Gasteiger partial charge in [-0.2, -0.15) is 4.99 Å². The van der Waals surface area contributed by atoms with E-state index in [4.69, 9.17) is 0 Å². The quantitative estimate of drug-likeness (QED) is 0.788. The SMILES string of the molecule is CSC1=NC(=O)/C(=C/c2cc(Br)c(F)cc2O)S1. The van der Waals surface area contributed by atoms with Gasteiger partial charge in [0.25, 0.3) is 5.91 Å². The molecule has 1 aliphatic rings. The molecule has 18 heavy (non-hydrogen) atoms. The number of phenolic OH excluding ortho intramolecular Hbond substituents is 1. The fraction of sp³-hybridized carbons (Fsp3) is 0.0909. The van der Waals surface area contributed by atoms with E-state index >= 15 is 0 Å². The number of carbonyl (C=O) groups excluding carboxylic acids is 1. The summed E-state index contributed by atoms with van der Waals surface area (Å²) in [4.78, 5) is 15.8. The van der Waals surface area contributed by atoms with Crippen molar-refractivity contribution in [2.75, 3.05) is 6.26 Å². The van der Waals surface area contributed by atoms with Crippen LogP contribution in [0.3, 0.4) is 0 Å². The van der Waals surface area contributed by atoms with E-state index in [1.165, 1.54) is 35.7 Å². The zero-order valence-electron chi connectivity index (χ0n) is 9.11. The van der Waals surface area contributed by atoms with Gasteiger partial charge in [0.15, 0.2) is 0 Å². The van der Waals surface area contributed by atoms with Crippen LogP contribution in [0.15, 0.2) is 26.5 Å². The first-order valence-corrected chi connectivity index (χ1v) is 7.59. The van der Waals surface area contributed by atoms with E-state index in [9.17, 15) is 14.3 Å². The third-order valence-electron chi connectivity index (χ3n) is 2.13. The summed E-state index contributed by atoms with van der Waals surface area (Å²) in [7, 11) is 0. The number of benzene rings is 1. The van der Waals surface area contributed by atoms with Gasteiger partial charge in [0.1, 0.15) is 15.9 Å². The molecule has 94 valence electrons. The van der Waals surface area contributed by atoms with Crippen molar-refractivity contribution < 1.29 is 14.3 Å². The molecule has 0 spiro atoms. The fourth-order valence-electron chi connectivity index (χ4n) is 1.29. The predicted octanol–water partition coefficient (Wildman–Crippen LogP) is 3.63. The van der Waals surface area contributed by atoms with Crippen LogP contribution in [0.2, 0.25) is 0 Å².